The van der Waals surface area contributed by atoms with Crippen molar-refractivity contribution in [1.82, 2.24) is 0 Å². The van der Waals surface area contributed by atoms with E-state index in [1.807, 2.05) is 0 Å². The second-order valence-corrected chi connectivity index (χ2v) is 3.96. The van der Waals surface area contributed by atoms with Crippen molar-refractivity contribution in [2.45, 2.75) is 12.5 Å². The van der Waals surface area contributed by atoms with Crippen molar-refractivity contribution in [3.05, 3.63) is 23.8 Å². The summed E-state index contributed by atoms with van der Waals surface area (Å²) in [6, 6.07) is 5.02. The maximum atomic E-state index is 11.8. The Morgan fingerprint density at radius 1 is 1.29 bits per heavy atom. The number of ether oxygens (including phenoxy) is 4. The molecule has 1 aromatic rings. The van der Waals surface area contributed by atoms with Crippen LogP contribution in [0.5, 0.6) is 11.5 Å². The zero-order chi connectivity index (χ0) is 11.7. The highest BCUT2D eigenvalue weighted by Gasteiger charge is 2.22. The Balaban J connectivity index is 1.72. The van der Waals surface area contributed by atoms with Gasteiger partial charge in [0.25, 0.3) is 0 Å². The topological polar surface area (TPSA) is 54.0 Å². The van der Waals surface area contributed by atoms with Crippen LogP contribution in [0.15, 0.2) is 18.2 Å². The van der Waals surface area contributed by atoms with Gasteiger partial charge in [0, 0.05) is 6.42 Å². The quantitative estimate of drug-likeness (QED) is 0.726. The zero-order valence-corrected chi connectivity index (χ0v) is 9.18. The van der Waals surface area contributed by atoms with E-state index in [9.17, 15) is 4.79 Å². The second-order valence-electron chi connectivity index (χ2n) is 3.96. The first-order chi connectivity index (χ1) is 8.33. The number of carbonyl (C=O) groups excluding carboxylic acids is 1. The molecule has 0 aliphatic carbocycles. The molecule has 2 aliphatic rings. The number of rotatable bonds is 2. The molecule has 1 atom stereocenters. The van der Waals surface area contributed by atoms with Crippen LogP contribution < -0.4 is 9.47 Å². The van der Waals surface area contributed by atoms with Crippen LogP contribution in [0.3, 0.4) is 0 Å². The van der Waals surface area contributed by atoms with Gasteiger partial charge in [-0.2, -0.15) is 0 Å². The molecule has 5 nitrogen and oxygen atoms in total. The molecule has 90 valence electrons. The van der Waals surface area contributed by atoms with Crippen molar-refractivity contribution < 1.29 is 23.7 Å². The first kappa shape index (κ1) is 10.4. The Morgan fingerprint density at radius 2 is 2.18 bits per heavy atom. The van der Waals surface area contributed by atoms with Crippen molar-refractivity contribution in [3.8, 4) is 11.5 Å². The Labute approximate surface area is 98.2 Å². The number of esters is 1. The van der Waals surface area contributed by atoms with Gasteiger partial charge in [-0.25, -0.2) is 4.79 Å². The lowest BCUT2D eigenvalue weighted by atomic mass is 10.2. The molecule has 1 fully saturated rings. The molecule has 0 aromatic heterocycles. The van der Waals surface area contributed by atoms with Crippen LogP contribution in [0, 0.1) is 0 Å². The lowest BCUT2D eigenvalue weighted by Crippen LogP contribution is -2.18. The van der Waals surface area contributed by atoms with Crippen molar-refractivity contribution >= 4 is 5.97 Å². The molecule has 17 heavy (non-hydrogen) atoms. The van der Waals surface area contributed by atoms with Crippen LogP contribution in [-0.2, 0) is 9.47 Å². The van der Waals surface area contributed by atoms with Gasteiger partial charge in [0.15, 0.2) is 11.5 Å². The van der Waals surface area contributed by atoms with Crippen LogP contribution in [-0.4, -0.2) is 32.1 Å². The molecular formula is C12H12O5. The van der Waals surface area contributed by atoms with Gasteiger partial charge in [0.05, 0.1) is 18.8 Å². The van der Waals surface area contributed by atoms with Gasteiger partial charge < -0.3 is 18.9 Å². The van der Waals surface area contributed by atoms with Crippen LogP contribution in [0.2, 0.25) is 0 Å². The van der Waals surface area contributed by atoms with Gasteiger partial charge in [-0.05, 0) is 18.2 Å². The summed E-state index contributed by atoms with van der Waals surface area (Å²) >= 11 is 0. The highest BCUT2D eigenvalue weighted by atomic mass is 16.7. The normalized spacial score (nSPS) is 21.5. The molecule has 0 saturated carbocycles. The van der Waals surface area contributed by atoms with Crippen LogP contribution in [0.1, 0.15) is 16.8 Å². The Kier molecular flexibility index (Phi) is 2.60. The molecule has 2 heterocycles. The van der Waals surface area contributed by atoms with Gasteiger partial charge in [0.1, 0.15) is 6.10 Å². The van der Waals surface area contributed by atoms with Crippen LogP contribution >= 0.6 is 0 Å². The molecule has 1 aromatic carbocycles. The fourth-order valence-corrected chi connectivity index (χ4v) is 1.85. The van der Waals surface area contributed by atoms with Gasteiger partial charge in [-0.3, -0.25) is 0 Å². The van der Waals surface area contributed by atoms with Crippen molar-refractivity contribution in [2.24, 2.45) is 0 Å². The van der Waals surface area contributed by atoms with Crippen molar-refractivity contribution in [3.63, 3.8) is 0 Å². The molecular weight excluding hydrogens is 224 g/mol. The number of fused-ring (bicyclic) bond motifs is 1. The molecule has 0 unspecified atom stereocenters. The van der Waals surface area contributed by atoms with E-state index in [-0.39, 0.29) is 18.9 Å². The van der Waals surface area contributed by atoms with E-state index in [2.05, 4.69) is 0 Å². The largest absolute Gasteiger partial charge is 0.456 e. The summed E-state index contributed by atoms with van der Waals surface area (Å²) in [6.45, 7) is 1.33. The Morgan fingerprint density at radius 3 is 3.00 bits per heavy atom. The average molecular weight is 236 g/mol. The van der Waals surface area contributed by atoms with Gasteiger partial charge in [-0.1, -0.05) is 0 Å². The highest BCUT2D eigenvalue weighted by molar-refractivity contribution is 5.90. The summed E-state index contributed by atoms with van der Waals surface area (Å²) < 4.78 is 20.8. The third-order valence-electron chi connectivity index (χ3n) is 2.77. The minimum atomic E-state index is -0.348. The first-order valence-corrected chi connectivity index (χ1v) is 5.51. The standard InChI is InChI=1S/C12H12O5/c13-12(17-9-3-4-14-6-9)8-1-2-10-11(5-8)16-7-15-10/h1-2,5,9H,3-4,6-7H2/t9-/m0/s1. The predicted molar refractivity (Wildman–Crippen MR) is 57.2 cm³/mol. The first-order valence-electron chi connectivity index (χ1n) is 5.51. The number of carbonyl (C=O) groups is 1. The summed E-state index contributed by atoms with van der Waals surface area (Å²) in [7, 11) is 0. The fraction of sp³-hybridized carbons (Fsp3) is 0.417. The number of hydrogen-bond acceptors (Lipinski definition) is 5. The summed E-state index contributed by atoms with van der Waals surface area (Å²) in [6.07, 6.45) is 0.629. The van der Waals surface area contributed by atoms with E-state index < -0.39 is 0 Å². The molecule has 5 heteroatoms. The summed E-state index contributed by atoms with van der Waals surface area (Å²) in [5.41, 5.74) is 0.473. The molecule has 0 bridgehead atoms. The van der Waals surface area contributed by atoms with E-state index >= 15 is 0 Å². The number of benzene rings is 1. The van der Waals surface area contributed by atoms with Crippen LogP contribution in [0.25, 0.3) is 0 Å². The number of hydrogen-bond donors (Lipinski definition) is 0. The summed E-state index contributed by atoms with van der Waals surface area (Å²) in [4.78, 5) is 11.8. The fourth-order valence-electron chi connectivity index (χ4n) is 1.85. The van der Waals surface area contributed by atoms with Gasteiger partial charge in [0.2, 0.25) is 6.79 Å². The summed E-state index contributed by atoms with van der Waals surface area (Å²) in [5.74, 6) is 0.895. The smallest absolute Gasteiger partial charge is 0.338 e. The van der Waals surface area contributed by atoms with E-state index in [1.54, 1.807) is 18.2 Å². The third-order valence-corrected chi connectivity index (χ3v) is 2.77. The Bertz CT molecular complexity index is 437. The third kappa shape index (κ3) is 2.06. The molecule has 0 spiro atoms. The minimum absolute atomic E-state index is 0.132. The van der Waals surface area contributed by atoms with Crippen molar-refractivity contribution in [2.75, 3.05) is 20.0 Å². The van der Waals surface area contributed by atoms with E-state index in [1.165, 1.54) is 0 Å². The second kappa shape index (κ2) is 4.25. The molecule has 0 radical (unpaired) electrons. The maximum absolute atomic E-state index is 11.8. The SMILES string of the molecule is O=C(O[C@H]1CCOC1)c1ccc2c(c1)OCO2. The molecule has 1 saturated heterocycles. The molecule has 0 amide bonds. The molecule has 3 rings (SSSR count). The lowest BCUT2D eigenvalue weighted by molar-refractivity contribution is 0.0270. The van der Waals surface area contributed by atoms with Gasteiger partial charge >= 0.3 is 5.97 Å². The Hall–Kier alpha value is -1.75. The maximum Gasteiger partial charge on any atom is 0.338 e. The van der Waals surface area contributed by atoms with Crippen molar-refractivity contribution in [1.29, 1.82) is 0 Å². The van der Waals surface area contributed by atoms with E-state index in [0.29, 0.717) is 30.3 Å². The average Bonchev–Trinajstić information content (AvgIpc) is 2.97. The predicted octanol–water partition coefficient (Wildman–Crippen LogP) is 1.36. The monoisotopic (exact) mass is 236 g/mol. The van der Waals surface area contributed by atoms with E-state index in [0.717, 1.165) is 6.42 Å². The zero-order valence-electron chi connectivity index (χ0n) is 9.18. The van der Waals surface area contributed by atoms with Gasteiger partial charge in [-0.15, -0.1) is 0 Å². The van der Waals surface area contributed by atoms with Crippen LogP contribution in [0.4, 0.5) is 0 Å². The van der Waals surface area contributed by atoms with E-state index in [4.69, 9.17) is 18.9 Å². The lowest BCUT2D eigenvalue weighted by Gasteiger charge is -2.10. The molecule has 2 aliphatic heterocycles. The highest BCUT2D eigenvalue weighted by Crippen LogP contribution is 2.32. The summed E-state index contributed by atoms with van der Waals surface area (Å²) in [5, 5.41) is 0. The minimum Gasteiger partial charge on any atom is -0.456 e. The molecule has 0 N–H and O–H groups in total.